The smallest absolute Gasteiger partial charge is 0.312 e. The van der Waals surface area contributed by atoms with Crippen LogP contribution in [0, 0.1) is 0 Å². The van der Waals surface area contributed by atoms with Gasteiger partial charge in [-0.05, 0) is 37.1 Å². The van der Waals surface area contributed by atoms with E-state index in [2.05, 4.69) is 0 Å². The molecule has 1 saturated heterocycles. The first-order valence-electron chi connectivity index (χ1n) is 6.56. The van der Waals surface area contributed by atoms with Crippen molar-refractivity contribution >= 4 is 29.2 Å². The van der Waals surface area contributed by atoms with E-state index in [4.69, 9.17) is 11.6 Å². The van der Waals surface area contributed by atoms with Crippen LogP contribution in [-0.2, 0) is 4.79 Å². The van der Waals surface area contributed by atoms with Crippen molar-refractivity contribution in [1.29, 1.82) is 0 Å². The Balaban J connectivity index is 1.84. The first kappa shape index (κ1) is 12.5. The highest BCUT2D eigenvalue weighted by Crippen LogP contribution is 2.29. The fourth-order valence-electron chi connectivity index (χ4n) is 2.86. The Bertz CT molecular complexity index is 509. The molecule has 1 aliphatic carbocycles. The van der Waals surface area contributed by atoms with Crippen LogP contribution in [0.15, 0.2) is 24.3 Å². The predicted octanol–water partition coefficient (Wildman–Crippen LogP) is 3.05. The Labute approximate surface area is 116 Å². The Morgan fingerprint density at radius 1 is 1.05 bits per heavy atom. The zero-order valence-corrected chi connectivity index (χ0v) is 11.3. The van der Waals surface area contributed by atoms with E-state index in [0.29, 0.717) is 10.7 Å². The van der Waals surface area contributed by atoms with E-state index in [-0.39, 0.29) is 24.5 Å². The normalized spacial score (nSPS) is 20.7. The molecule has 0 unspecified atom stereocenters. The maximum Gasteiger partial charge on any atom is 0.332 e. The first-order valence-corrected chi connectivity index (χ1v) is 6.94. The van der Waals surface area contributed by atoms with Gasteiger partial charge in [0.25, 0.3) is 5.91 Å². The van der Waals surface area contributed by atoms with Gasteiger partial charge < -0.3 is 4.90 Å². The van der Waals surface area contributed by atoms with Crippen molar-refractivity contribution in [1.82, 2.24) is 4.90 Å². The number of halogens is 1. The number of hydrogen-bond acceptors (Lipinski definition) is 2. The number of imide groups is 1. The molecule has 2 fully saturated rings. The summed E-state index contributed by atoms with van der Waals surface area (Å²) in [4.78, 5) is 27.4. The van der Waals surface area contributed by atoms with E-state index in [9.17, 15) is 9.59 Å². The molecule has 0 bridgehead atoms. The molecule has 1 aromatic carbocycles. The Hall–Kier alpha value is -1.55. The third-order valence-corrected chi connectivity index (χ3v) is 4.09. The summed E-state index contributed by atoms with van der Waals surface area (Å²) in [5.41, 5.74) is 0.597. The minimum absolute atomic E-state index is 0.153. The quantitative estimate of drug-likeness (QED) is 0.780. The van der Waals surface area contributed by atoms with Gasteiger partial charge >= 0.3 is 6.03 Å². The molecule has 2 aliphatic rings. The van der Waals surface area contributed by atoms with Crippen molar-refractivity contribution < 1.29 is 9.59 Å². The molecule has 0 radical (unpaired) electrons. The second-order valence-electron chi connectivity index (χ2n) is 5.05. The van der Waals surface area contributed by atoms with Crippen LogP contribution in [0.2, 0.25) is 5.02 Å². The monoisotopic (exact) mass is 278 g/mol. The molecule has 4 nitrogen and oxygen atoms in total. The average molecular weight is 279 g/mol. The number of carbonyl (C=O) groups is 2. The van der Waals surface area contributed by atoms with Crippen molar-refractivity contribution in [3.63, 3.8) is 0 Å². The Morgan fingerprint density at radius 3 is 2.32 bits per heavy atom. The van der Waals surface area contributed by atoms with Gasteiger partial charge in [-0.1, -0.05) is 24.4 Å². The summed E-state index contributed by atoms with van der Waals surface area (Å²) in [6.45, 7) is 0.201. The number of benzene rings is 1. The van der Waals surface area contributed by atoms with Gasteiger partial charge in [0.1, 0.15) is 6.54 Å². The van der Waals surface area contributed by atoms with Gasteiger partial charge in [-0.15, -0.1) is 0 Å². The maximum atomic E-state index is 12.4. The number of rotatable bonds is 2. The van der Waals surface area contributed by atoms with Gasteiger partial charge in [0.05, 0.1) is 5.69 Å². The fourth-order valence-corrected chi connectivity index (χ4v) is 2.99. The molecule has 1 saturated carbocycles. The van der Waals surface area contributed by atoms with Crippen LogP contribution in [-0.4, -0.2) is 29.4 Å². The van der Waals surface area contributed by atoms with Crippen LogP contribution in [0.5, 0.6) is 0 Å². The fraction of sp³-hybridized carbons (Fsp3) is 0.429. The molecule has 5 heteroatoms. The van der Waals surface area contributed by atoms with Crippen LogP contribution in [0.3, 0.4) is 0 Å². The highest BCUT2D eigenvalue weighted by atomic mass is 35.5. The summed E-state index contributed by atoms with van der Waals surface area (Å²) in [5.74, 6) is -0.153. The third kappa shape index (κ3) is 2.21. The lowest BCUT2D eigenvalue weighted by Gasteiger charge is -2.22. The molecule has 0 aromatic heterocycles. The molecule has 0 atom stereocenters. The van der Waals surface area contributed by atoms with Gasteiger partial charge in [-0.3, -0.25) is 4.79 Å². The summed E-state index contributed by atoms with van der Waals surface area (Å²) >= 11 is 5.82. The molecule has 19 heavy (non-hydrogen) atoms. The average Bonchev–Trinajstić information content (AvgIpc) is 3.00. The molecular formula is C14H15ClN2O2. The Morgan fingerprint density at radius 2 is 1.68 bits per heavy atom. The molecule has 3 rings (SSSR count). The van der Waals surface area contributed by atoms with Crippen LogP contribution >= 0.6 is 11.6 Å². The zero-order valence-electron chi connectivity index (χ0n) is 10.5. The van der Waals surface area contributed by atoms with Crippen LogP contribution in [0.1, 0.15) is 25.7 Å². The van der Waals surface area contributed by atoms with E-state index in [1.807, 2.05) is 0 Å². The van der Waals surface area contributed by atoms with Crippen molar-refractivity contribution in [2.24, 2.45) is 0 Å². The topological polar surface area (TPSA) is 40.6 Å². The van der Waals surface area contributed by atoms with E-state index >= 15 is 0 Å². The Kier molecular flexibility index (Phi) is 3.19. The third-order valence-electron chi connectivity index (χ3n) is 3.84. The van der Waals surface area contributed by atoms with Crippen LogP contribution < -0.4 is 4.90 Å². The summed E-state index contributed by atoms with van der Waals surface area (Å²) in [5, 5.41) is 0.593. The molecule has 0 N–H and O–H groups in total. The van der Waals surface area contributed by atoms with Gasteiger partial charge in [0.2, 0.25) is 0 Å². The molecule has 1 heterocycles. The second-order valence-corrected chi connectivity index (χ2v) is 5.49. The van der Waals surface area contributed by atoms with Crippen molar-refractivity contribution in [3.05, 3.63) is 29.3 Å². The number of urea groups is 1. The van der Waals surface area contributed by atoms with Crippen molar-refractivity contribution in [3.8, 4) is 0 Å². The number of carbonyl (C=O) groups excluding carboxylic acids is 2. The lowest BCUT2D eigenvalue weighted by Crippen LogP contribution is -2.38. The van der Waals surface area contributed by atoms with E-state index in [1.54, 1.807) is 29.2 Å². The lowest BCUT2D eigenvalue weighted by molar-refractivity contribution is -0.116. The van der Waals surface area contributed by atoms with E-state index in [0.717, 1.165) is 25.7 Å². The van der Waals surface area contributed by atoms with Crippen molar-refractivity contribution in [2.75, 3.05) is 11.4 Å². The lowest BCUT2D eigenvalue weighted by atomic mass is 10.2. The maximum absolute atomic E-state index is 12.4. The highest BCUT2D eigenvalue weighted by molar-refractivity contribution is 6.30. The predicted molar refractivity (Wildman–Crippen MR) is 73.3 cm³/mol. The highest BCUT2D eigenvalue weighted by Gasteiger charge is 2.41. The van der Waals surface area contributed by atoms with Gasteiger partial charge in [-0.25, -0.2) is 9.69 Å². The van der Waals surface area contributed by atoms with Gasteiger partial charge in [-0.2, -0.15) is 0 Å². The van der Waals surface area contributed by atoms with Crippen LogP contribution in [0.4, 0.5) is 10.5 Å². The molecule has 100 valence electrons. The number of nitrogens with zero attached hydrogens (tertiary/aromatic N) is 2. The van der Waals surface area contributed by atoms with E-state index < -0.39 is 0 Å². The second kappa shape index (κ2) is 4.85. The van der Waals surface area contributed by atoms with Gasteiger partial charge in [0.15, 0.2) is 0 Å². The van der Waals surface area contributed by atoms with Crippen LogP contribution in [0.25, 0.3) is 0 Å². The standard InChI is InChI=1S/C14H15ClN2O2/c15-10-5-7-12(8-6-10)17-13(18)9-16(14(17)19)11-3-1-2-4-11/h5-8,11H,1-4,9H2. The molecule has 3 amide bonds. The largest absolute Gasteiger partial charge is 0.332 e. The summed E-state index contributed by atoms with van der Waals surface area (Å²) in [6.07, 6.45) is 4.30. The SMILES string of the molecule is O=C1CN(C2CCCC2)C(=O)N1c1ccc(Cl)cc1. The summed E-state index contributed by atoms with van der Waals surface area (Å²) in [6, 6.07) is 6.82. The number of amides is 3. The molecule has 1 aliphatic heterocycles. The van der Waals surface area contributed by atoms with E-state index in [1.165, 1.54) is 4.90 Å². The molecular weight excluding hydrogens is 264 g/mol. The zero-order chi connectivity index (χ0) is 13.4. The summed E-state index contributed by atoms with van der Waals surface area (Å²) < 4.78 is 0. The van der Waals surface area contributed by atoms with Crippen molar-refractivity contribution in [2.45, 2.75) is 31.7 Å². The molecule has 1 aromatic rings. The number of anilines is 1. The first-order chi connectivity index (χ1) is 9.16. The summed E-state index contributed by atoms with van der Waals surface area (Å²) in [7, 11) is 0. The minimum Gasteiger partial charge on any atom is -0.312 e. The minimum atomic E-state index is -0.195. The molecule has 0 spiro atoms. The van der Waals surface area contributed by atoms with Gasteiger partial charge in [0, 0.05) is 11.1 Å². The number of hydrogen-bond donors (Lipinski definition) is 0.